The Morgan fingerprint density at radius 2 is 1.22 bits per heavy atom. The van der Waals surface area contributed by atoms with Gasteiger partial charge in [-0.3, -0.25) is 0 Å². The number of nitrogens with zero attached hydrogens (tertiary/aromatic N) is 2. The summed E-state index contributed by atoms with van der Waals surface area (Å²) in [5, 5.41) is 23.0. The fourth-order valence-electron chi connectivity index (χ4n) is 4.89. The Morgan fingerprint density at radius 1 is 0.722 bits per heavy atom. The number of hydrogen-bond acceptors (Lipinski definition) is 5. The maximum absolute atomic E-state index is 13.9. The molecule has 2 N–H and O–H groups in total. The third-order valence-electron chi connectivity index (χ3n) is 6.94. The number of rotatable bonds is 8. The average molecular weight is 523 g/mol. The standard InChI is InChI=1S/C29H34N2O3S2/c1-30-25(17-21-11-7-13-23(15-21)35-2)27(32)28(33)26(18-22-12-8-14-24(16-22)36-3)31(29(30)34)19-20-9-5-4-6-10-20/h4-16,25-28,32-33H,17-19H2,1-3H3/t25-,26-,27+,28+/m1/s1. The van der Waals surface area contributed by atoms with Crippen LogP contribution >= 0.6 is 23.5 Å². The molecule has 1 aliphatic rings. The predicted molar refractivity (Wildman–Crippen MR) is 149 cm³/mol. The molecule has 0 aromatic heterocycles. The van der Waals surface area contributed by atoms with E-state index in [0.29, 0.717) is 19.4 Å². The second-order valence-corrected chi connectivity index (χ2v) is 11.0. The first-order valence-corrected chi connectivity index (χ1v) is 14.6. The fraction of sp³-hybridized carbons (Fsp3) is 0.345. The van der Waals surface area contributed by atoms with E-state index in [1.54, 1.807) is 40.4 Å². The van der Waals surface area contributed by atoms with Gasteiger partial charge >= 0.3 is 6.03 Å². The summed E-state index contributed by atoms with van der Waals surface area (Å²) >= 11 is 3.31. The summed E-state index contributed by atoms with van der Waals surface area (Å²) in [6.45, 7) is 0.357. The summed E-state index contributed by atoms with van der Waals surface area (Å²) in [5.41, 5.74) is 3.03. The Labute approximate surface area is 222 Å². The van der Waals surface area contributed by atoms with Crippen molar-refractivity contribution in [2.75, 3.05) is 19.6 Å². The molecule has 1 fully saturated rings. The third kappa shape index (κ3) is 6.09. The van der Waals surface area contributed by atoms with Gasteiger partial charge in [-0.1, -0.05) is 54.6 Å². The van der Waals surface area contributed by atoms with Gasteiger partial charge in [-0.2, -0.15) is 0 Å². The summed E-state index contributed by atoms with van der Waals surface area (Å²) in [5.74, 6) is 0. The van der Waals surface area contributed by atoms with Crippen molar-refractivity contribution >= 4 is 29.6 Å². The number of likely N-dealkylation sites (N-methyl/N-ethyl adjacent to an activating group) is 1. The molecule has 190 valence electrons. The highest BCUT2D eigenvalue weighted by Crippen LogP contribution is 2.29. The van der Waals surface area contributed by atoms with E-state index in [1.165, 1.54) is 0 Å². The summed E-state index contributed by atoms with van der Waals surface area (Å²) in [6.07, 6.45) is 2.77. The van der Waals surface area contributed by atoms with Gasteiger partial charge in [0.25, 0.3) is 0 Å². The summed E-state index contributed by atoms with van der Waals surface area (Å²) < 4.78 is 0. The van der Waals surface area contributed by atoms with Gasteiger partial charge in [0, 0.05) is 23.4 Å². The molecule has 0 bridgehead atoms. The van der Waals surface area contributed by atoms with Crippen molar-refractivity contribution in [2.45, 2.75) is 53.5 Å². The van der Waals surface area contributed by atoms with Gasteiger partial charge < -0.3 is 20.0 Å². The summed E-state index contributed by atoms with van der Waals surface area (Å²) in [6, 6.07) is 24.8. The number of amides is 2. The maximum Gasteiger partial charge on any atom is 0.320 e. The second kappa shape index (κ2) is 12.2. The molecule has 2 amide bonds. The number of aliphatic hydroxyl groups is 2. The first kappa shape index (κ1) is 26.6. The van der Waals surface area contributed by atoms with Crippen molar-refractivity contribution in [3.05, 3.63) is 95.6 Å². The quantitative estimate of drug-likeness (QED) is 0.410. The van der Waals surface area contributed by atoms with E-state index >= 15 is 0 Å². The summed E-state index contributed by atoms with van der Waals surface area (Å²) in [7, 11) is 1.73. The number of hydrogen-bond donors (Lipinski definition) is 2. The van der Waals surface area contributed by atoms with Crippen LogP contribution in [-0.2, 0) is 19.4 Å². The predicted octanol–water partition coefficient (Wildman–Crippen LogP) is 4.94. The van der Waals surface area contributed by atoms with Gasteiger partial charge in [0.2, 0.25) is 0 Å². The van der Waals surface area contributed by atoms with Crippen molar-refractivity contribution in [1.82, 2.24) is 9.80 Å². The van der Waals surface area contributed by atoms with E-state index in [4.69, 9.17) is 0 Å². The molecule has 36 heavy (non-hydrogen) atoms. The van der Waals surface area contributed by atoms with Crippen LogP contribution in [0.15, 0.2) is 88.7 Å². The van der Waals surface area contributed by atoms with Gasteiger partial charge in [-0.05, 0) is 66.3 Å². The number of carbonyl (C=O) groups excluding carboxylic acids is 1. The Kier molecular flexibility index (Phi) is 9.01. The number of aliphatic hydroxyl groups excluding tert-OH is 2. The Morgan fingerprint density at radius 3 is 1.78 bits per heavy atom. The molecule has 0 radical (unpaired) electrons. The Hall–Kier alpha value is -2.45. The molecular formula is C29H34N2O3S2. The minimum Gasteiger partial charge on any atom is -0.388 e. The topological polar surface area (TPSA) is 64.0 Å². The van der Waals surface area contributed by atoms with E-state index in [2.05, 4.69) is 12.1 Å². The molecule has 4 atom stereocenters. The highest BCUT2D eigenvalue weighted by atomic mass is 32.2. The zero-order valence-electron chi connectivity index (χ0n) is 20.9. The zero-order chi connectivity index (χ0) is 25.7. The lowest BCUT2D eigenvalue weighted by Gasteiger charge is -2.34. The average Bonchev–Trinajstić information content (AvgIpc) is 2.97. The van der Waals surface area contributed by atoms with Crippen LogP contribution in [0.2, 0.25) is 0 Å². The molecule has 1 heterocycles. The lowest BCUT2D eigenvalue weighted by molar-refractivity contribution is -0.0383. The van der Waals surface area contributed by atoms with Gasteiger partial charge in [-0.15, -0.1) is 23.5 Å². The van der Waals surface area contributed by atoms with Crippen LogP contribution in [0.4, 0.5) is 4.79 Å². The molecule has 7 heteroatoms. The van der Waals surface area contributed by atoms with Crippen LogP contribution in [-0.4, -0.2) is 69.9 Å². The molecule has 4 rings (SSSR count). The number of carbonyl (C=O) groups is 1. The normalized spacial score (nSPS) is 22.5. The Bertz CT molecular complexity index is 1160. The van der Waals surface area contributed by atoms with Crippen LogP contribution in [0, 0.1) is 0 Å². The van der Waals surface area contributed by atoms with Crippen molar-refractivity contribution in [1.29, 1.82) is 0 Å². The monoisotopic (exact) mass is 522 g/mol. The van der Waals surface area contributed by atoms with Gasteiger partial charge in [0.15, 0.2) is 0 Å². The number of benzene rings is 3. The van der Waals surface area contributed by atoms with Crippen LogP contribution in [0.3, 0.4) is 0 Å². The molecular weight excluding hydrogens is 488 g/mol. The van der Waals surface area contributed by atoms with Crippen molar-refractivity contribution in [3.8, 4) is 0 Å². The molecule has 3 aromatic rings. The summed E-state index contributed by atoms with van der Waals surface area (Å²) in [4.78, 5) is 19.5. The maximum atomic E-state index is 13.9. The van der Waals surface area contributed by atoms with Crippen LogP contribution < -0.4 is 0 Å². The third-order valence-corrected chi connectivity index (χ3v) is 8.39. The number of thioether (sulfide) groups is 2. The Balaban J connectivity index is 1.69. The lowest BCUT2D eigenvalue weighted by atomic mass is 9.91. The van der Waals surface area contributed by atoms with E-state index in [0.717, 1.165) is 26.5 Å². The zero-order valence-corrected chi connectivity index (χ0v) is 22.6. The first-order valence-electron chi connectivity index (χ1n) is 12.1. The SMILES string of the molecule is CSc1cccc(C[C@@H]2[C@H](O)[C@@H](O)[C@@H](Cc3cccc(SC)c3)N(Cc3ccccc3)C(=O)N2C)c1. The largest absolute Gasteiger partial charge is 0.388 e. The highest BCUT2D eigenvalue weighted by molar-refractivity contribution is 7.98. The van der Waals surface area contributed by atoms with Gasteiger partial charge in [0.1, 0.15) is 12.2 Å². The minimum atomic E-state index is -1.10. The molecule has 0 unspecified atom stereocenters. The van der Waals surface area contributed by atoms with Crippen LogP contribution in [0.1, 0.15) is 16.7 Å². The molecule has 0 saturated carbocycles. The molecule has 1 aliphatic heterocycles. The van der Waals surface area contributed by atoms with E-state index in [9.17, 15) is 15.0 Å². The smallest absolute Gasteiger partial charge is 0.320 e. The van der Waals surface area contributed by atoms with E-state index in [-0.39, 0.29) is 6.03 Å². The van der Waals surface area contributed by atoms with E-state index in [1.807, 2.05) is 79.2 Å². The molecule has 1 saturated heterocycles. The van der Waals surface area contributed by atoms with Crippen molar-refractivity contribution < 1.29 is 15.0 Å². The van der Waals surface area contributed by atoms with Crippen molar-refractivity contribution in [3.63, 3.8) is 0 Å². The minimum absolute atomic E-state index is 0.188. The van der Waals surface area contributed by atoms with Crippen LogP contribution in [0.5, 0.6) is 0 Å². The fourth-order valence-corrected chi connectivity index (χ4v) is 5.86. The van der Waals surface area contributed by atoms with Crippen molar-refractivity contribution in [2.24, 2.45) is 0 Å². The molecule has 0 spiro atoms. The first-order chi connectivity index (χ1) is 17.4. The lowest BCUT2D eigenvalue weighted by Crippen LogP contribution is -2.50. The van der Waals surface area contributed by atoms with E-state index < -0.39 is 24.3 Å². The second-order valence-electron chi connectivity index (χ2n) is 9.23. The molecule has 0 aliphatic carbocycles. The highest BCUT2D eigenvalue weighted by Gasteiger charge is 2.45. The van der Waals surface area contributed by atoms with Gasteiger partial charge in [0.05, 0.1) is 12.1 Å². The number of urea groups is 1. The molecule has 5 nitrogen and oxygen atoms in total. The van der Waals surface area contributed by atoms with Gasteiger partial charge in [-0.25, -0.2) is 4.79 Å². The van der Waals surface area contributed by atoms with Crippen LogP contribution in [0.25, 0.3) is 0 Å². The molecule has 3 aromatic carbocycles.